The van der Waals surface area contributed by atoms with E-state index in [-0.39, 0.29) is 11.9 Å². The number of hydrogen-bond acceptors (Lipinski definition) is 2. The SMILES string of the molecule is CCNC(C)c1cc(C)c(F)cn1. The molecule has 0 aliphatic heterocycles. The predicted molar refractivity (Wildman–Crippen MR) is 51.0 cm³/mol. The molecule has 0 fully saturated rings. The lowest BCUT2D eigenvalue weighted by atomic mass is 10.1. The van der Waals surface area contributed by atoms with Gasteiger partial charge in [0.2, 0.25) is 0 Å². The monoisotopic (exact) mass is 182 g/mol. The average molecular weight is 182 g/mol. The molecule has 3 heteroatoms. The second kappa shape index (κ2) is 4.33. The fourth-order valence-corrected chi connectivity index (χ4v) is 1.21. The van der Waals surface area contributed by atoms with Crippen LogP contribution in [-0.4, -0.2) is 11.5 Å². The molecule has 1 aromatic rings. The standard InChI is InChI=1S/C10H15FN2/c1-4-12-8(3)10-5-7(2)9(11)6-13-10/h5-6,8,12H,4H2,1-3H3. The molecule has 1 rings (SSSR count). The Morgan fingerprint density at radius 2 is 2.31 bits per heavy atom. The van der Waals surface area contributed by atoms with Crippen LogP contribution < -0.4 is 5.32 Å². The summed E-state index contributed by atoms with van der Waals surface area (Å²) >= 11 is 0. The van der Waals surface area contributed by atoms with Crippen LogP contribution in [0.4, 0.5) is 4.39 Å². The third-order valence-electron chi connectivity index (χ3n) is 2.02. The summed E-state index contributed by atoms with van der Waals surface area (Å²) in [7, 11) is 0. The summed E-state index contributed by atoms with van der Waals surface area (Å²) in [4.78, 5) is 4.02. The van der Waals surface area contributed by atoms with Crippen LogP contribution in [0.5, 0.6) is 0 Å². The van der Waals surface area contributed by atoms with Gasteiger partial charge in [0.25, 0.3) is 0 Å². The molecule has 13 heavy (non-hydrogen) atoms. The highest BCUT2D eigenvalue weighted by atomic mass is 19.1. The lowest BCUT2D eigenvalue weighted by Gasteiger charge is -2.11. The minimum absolute atomic E-state index is 0.185. The molecule has 0 radical (unpaired) electrons. The minimum Gasteiger partial charge on any atom is -0.309 e. The summed E-state index contributed by atoms with van der Waals surface area (Å²) in [6, 6.07) is 1.96. The fourth-order valence-electron chi connectivity index (χ4n) is 1.21. The van der Waals surface area contributed by atoms with Gasteiger partial charge >= 0.3 is 0 Å². The van der Waals surface area contributed by atoms with E-state index in [0.717, 1.165) is 12.2 Å². The molecule has 0 aliphatic rings. The predicted octanol–water partition coefficient (Wildman–Crippen LogP) is 2.20. The zero-order valence-electron chi connectivity index (χ0n) is 8.26. The molecule has 2 nitrogen and oxygen atoms in total. The van der Waals surface area contributed by atoms with Crippen LogP contribution in [0, 0.1) is 12.7 Å². The maximum absolute atomic E-state index is 12.9. The van der Waals surface area contributed by atoms with E-state index in [9.17, 15) is 4.39 Å². The Labute approximate surface area is 78.2 Å². The van der Waals surface area contributed by atoms with Crippen molar-refractivity contribution >= 4 is 0 Å². The zero-order valence-corrected chi connectivity index (χ0v) is 8.26. The number of halogens is 1. The molecule has 72 valence electrons. The van der Waals surface area contributed by atoms with Gasteiger partial charge in [-0.15, -0.1) is 0 Å². The highest BCUT2D eigenvalue weighted by Gasteiger charge is 2.06. The molecular weight excluding hydrogens is 167 g/mol. The number of rotatable bonds is 3. The first kappa shape index (κ1) is 10.1. The molecule has 1 N–H and O–H groups in total. The number of pyridine rings is 1. The van der Waals surface area contributed by atoms with E-state index in [1.54, 1.807) is 13.0 Å². The molecule has 1 atom stereocenters. The van der Waals surface area contributed by atoms with Crippen molar-refractivity contribution in [1.29, 1.82) is 0 Å². The molecule has 0 aromatic carbocycles. The topological polar surface area (TPSA) is 24.9 Å². The van der Waals surface area contributed by atoms with Crippen LogP contribution in [0.15, 0.2) is 12.3 Å². The fraction of sp³-hybridized carbons (Fsp3) is 0.500. The molecule has 0 spiro atoms. The summed E-state index contributed by atoms with van der Waals surface area (Å²) in [5, 5.41) is 3.22. The van der Waals surface area contributed by atoms with E-state index >= 15 is 0 Å². The van der Waals surface area contributed by atoms with Gasteiger partial charge in [0.05, 0.1) is 11.9 Å². The molecule has 0 bridgehead atoms. The summed E-state index contributed by atoms with van der Waals surface area (Å²) in [6.45, 7) is 6.69. The second-order valence-corrected chi connectivity index (χ2v) is 3.14. The molecule has 0 saturated heterocycles. The van der Waals surface area contributed by atoms with Gasteiger partial charge in [0, 0.05) is 6.04 Å². The van der Waals surface area contributed by atoms with Crippen LogP contribution in [-0.2, 0) is 0 Å². The van der Waals surface area contributed by atoms with Crippen molar-refractivity contribution in [1.82, 2.24) is 10.3 Å². The van der Waals surface area contributed by atoms with E-state index < -0.39 is 0 Å². The Kier molecular flexibility index (Phi) is 3.37. The van der Waals surface area contributed by atoms with E-state index in [1.165, 1.54) is 6.20 Å². The van der Waals surface area contributed by atoms with Gasteiger partial charge in [0.15, 0.2) is 0 Å². The lowest BCUT2D eigenvalue weighted by molar-refractivity contribution is 0.569. The Hall–Kier alpha value is -0.960. The molecule has 0 amide bonds. The maximum Gasteiger partial charge on any atom is 0.144 e. The Morgan fingerprint density at radius 3 is 2.85 bits per heavy atom. The van der Waals surface area contributed by atoms with Gasteiger partial charge in [-0.1, -0.05) is 6.92 Å². The summed E-state index contributed by atoms with van der Waals surface area (Å²) in [5.74, 6) is -0.243. The third-order valence-corrected chi connectivity index (χ3v) is 2.02. The van der Waals surface area contributed by atoms with Gasteiger partial charge in [-0.2, -0.15) is 0 Å². The van der Waals surface area contributed by atoms with Crippen molar-refractivity contribution in [3.63, 3.8) is 0 Å². The molecule has 1 aromatic heterocycles. The summed E-state index contributed by atoms with van der Waals surface area (Å²) in [6.07, 6.45) is 1.28. The van der Waals surface area contributed by atoms with Gasteiger partial charge in [0.1, 0.15) is 5.82 Å². The number of aromatic nitrogens is 1. The first-order valence-corrected chi connectivity index (χ1v) is 4.50. The van der Waals surface area contributed by atoms with Gasteiger partial charge in [-0.05, 0) is 32.0 Å². The molecule has 0 saturated carbocycles. The van der Waals surface area contributed by atoms with Crippen molar-refractivity contribution in [3.05, 3.63) is 29.3 Å². The van der Waals surface area contributed by atoms with Crippen molar-refractivity contribution in [2.24, 2.45) is 0 Å². The molecular formula is C10H15FN2. The van der Waals surface area contributed by atoms with E-state index in [2.05, 4.69) is 10.3 Å². The molecule has 1 heterocycles. The van der Waals surface area contributed by atoms with Gasteiger partial charge < -0.3 is 5.32 Å². The van der Waals surface area contributed by atoms with Crippen molar-refractivity contribution in [3.8, 4) is 0 Å². The summed E-state index contributed by atoms with van der Waals surface area (Å²) in [5.41, 5.74) is 1.54. The van der Waals surface area contributed by atoms with Crippen LogP contribution in [0.3, 0.4) is 0 Å². The maximum atomic E-state index is 12.9. The van der Waals surface area contributed by atoms with Gasteiger partial charge in [-0.3, -0.25) is 4.98 Å². The third kappa shape index (κ3) is 2.49. The van der Waals surface area contributed by atoms with E-state index in [4.69, 9.17) is 0 Å². The number of aryl methyl sites for hydroxylation is 1. The van der Waals surface area contributed by atoms with Crippen molar-refractivity contribution in [2.75, 3.05) is 6.54 Å². The van der Waals surface area contributed by atoms with Crippen molar-refractivity contribution in [2.45, 2.75) is 26.8 Å². The Bertz CT molecular complexity index is 286. The average Bonchev–Trinajstić information content (AvgIpc) is 2.10. The highest BCUT2D eigenvalue weighted by Crippen LogP contribution is 2.12. The molecule has 0 aliphatic carbocycles. The van der Waals surface area contributed by atoms with Gasteiger partial charge in [-0.25, -0.2) is 4.39 Å². The number of nitrogens with zero attached hydrogens (tertiary/aromatic N) is 1. The van der Waals surface area contributed by atoms with Crippen LogP contribution in [0.25, 0.3) is 0 Å². The van der Waals surface area contributed by atoms with E-state index in [1.807, 2.05) is 13.8 Å². The highest BCUT2D eigenvalue weighted by molar-refractivity contribution is 5.18. The number of hydrogen-bond donors (Lipinski definition) is 1. The molecule has 1 unspecified atom stereocenters. The first-order chi connectivity index (χ1) is 6.15. The normalized spacial score (nSPS) is 12.9. The second-order valence-electron chi connectivity index (χ2n) is 3.14. The first-order valence-electron chi connectivity index (χ1n) is 4.50. The van der Waals surface area contributed by atoms with E-state index in [0.29, 0.717) is 5.56 Å². The van der Waals surface area contributed by atoms with Crippen LogP contribution in [0.2, 0.25) is 0 Å². The largest absolute Gasteiger partial charge is 0.309 e. The number of nitrogens with one attached hydrogen (secondary N) is 1. The lowest BCUT2D eigenvalue weighted by Crippen LogP contribution is -2.18. The summed E-state index contributed by atoms with van der Waals surface area (Å²) < 4.78 is 12.9. The van der Waals surface area contributed by atoms with Crippen molar-refractivity contribution < 1.29 is 4.39 Å². The Balaban J connectivity index is 2.84. The quantitative estimate of drug-likeness (QED) is 0.775. The smallest absolute Gasteiger partial charge is 0.144 e. The van der Waals surface area contributed by atoms with Crippen LogP contribution >= 0.6 is 0 Å². The van der Waals surface area contributed by atoms with Crippen LogP contribution in [0.1, 0.15) is 31.1 Å². The Morgan fingerprint density at radius 1 is 1.62 bits per heavy atom. The zero-order chi connectivity index (χ0) is 9.84. The minimum atomic E-state index is -0.243.